The molecule has 0 aliphatic carbocycles. The second kappa shape index (κ2) is 7.76. The third kappa shape index (κ3) is 3.99. The minimum Gasteiger partial charge on any atom is -0.506 e. The Bertz CT molecular complexity index is 858. The van der Waals surface area contributed by atoms with Crippen molar-refractivity contribution in [1.29, 1.82) is 0 Å². The van der Waals surface area contributed by atoms with Crippen LogP contribution in [0.2, 0.25) is 0 Å². The van der Waals surface area contributed by atoms with Crippen LogP contribution in [0.4, 0.5) is 0 Å². The van der Waals surface area contributed by atoms with Crippen LogP contribution < -0.4 is 14.9 Å². The van der Waals surface area contributed by atoms with Crippen molar-refractivity contribution in [2.75, 3.05) is 6.61 Å². The number of ether oxygens (including phenoxy) is 2. The minimum absolute atomic E-state index is 0.0385. The number of benzene rings is 2. The molecule has 0 fully saturated rings. The second-order valence-corrected chi connectivity index (χ2v) is 7.52. The van der Waals surface area contributed by atoms with E-state index in [0.717, 1.165) is 0 Å². The molecule has 0 unspecified atom stereocenters. The number of hydrogen-bond acceptors (Lipinski definition) is 5. The molecule has 6 nitrogen and oxygen atoms in total. The summed E-state index contributed by atoms with van der Waals surface area (Å²) in [5.41, 5.74) is 2.99. The number of phenols is 1. The van der Waals surface area contributed by atoms with Crippen molar-refractivity contribution in [2.45, 2.75) is 6.10 Å². The Morgan fingerprint density at radius 3 is 2.72 bits per heavy atom. The zero-order valence-electron chi connectivity index (χ0n) is 12.5. The van der Waals surface area contributed by atoms with Gasteiger partial charge in [0.2, 0.25) is 6.10 Å². The first kappa shape index (κ1) is 18.2. The summed E-state index contributed by atoms with van der Waals surface area (Å²) in [5, 5.41) is 13.8. The first-order valence-corrected chi connectivity index (χ1v) is 9.43. The van der Waals surface area contributed by atoms with Gasteiger partial charge in [-0.05, 0) is 50.1 Å². The van der Waals surface area contributed by atoms with Crippen molar-refractivity contribution in [3.8, 4) is 17.2 Å². The lowest BCUT2D eigenvalue weighted by atomic mass is 10.2. The third-order valence-corrected chi connectivity index (χ3v) is 5.41. The molecule has 0 spiro atoms. The quantitative estimate of drug-likeness (QED) is 0.461. The van der Waals surface area contributed by atoms with Gasteiger partial charge in [0.05, 0.1) is 15.2 Å². The maximum absolute atomic E-state index is 12.2. The van der Waals surface area contributed by atoms with Gasteiger partial charge in [0.25, 0.3) is 5.91 Å². The monoisotopic (exact) mass is 532 g/mol. The van der Waals surface area contributed by atoms with E-state index < -0.39 is 12.0 Å². The molecule has 1 aliphatic heterocycles. The number of nitrogens with zero attached hydrogens (tertiary/aromatic N) is 1. The van der Waals surface area contributed by atoms with Crippen LogP contribution in [0.15, 0.2) is 48.9 Å². The Morgan fingerprint density at radius 2 is 1.96 bits per heavy atom. The minimum atomic E-state index is -0.794. The van der Waals surface area contributed by atoms with Crippen molar-refractivity contribution < 1.29 is 19.4 Å². The van der Waals surface area contributed by atoms with Gasteiger partial charge >= 0.3 is 0 Å². The van der Waals surface area contributed by atoms with Gasteiger partial charge in [-0.15, -0.1) is 0 Å². The number of amides is 1. The fraction of sp³-hybridized carbons (Fsp3) is 0.125. The number of phenolic OH excluding ortho intramolecular Hbond substituents is 1. The number of halogens is 3. The van der Waals surface area contributed by atoms with Gasteiger partial charge in [0.15, 0.2) is 11.5 Å². The summed E-state index contributed by atoms with van der Waals surface area (Å²) in [4.78, 5) is 12.2. The highest BCUT2D eigenvalue weighted by Crippen LogP contribution is 2.38. The average Bonchev–Trinajstić information content (AvgIpc) is 2.62. The molecule has 1 atom stereocenters. The first-order chi connectivity index (χ1) is 12.0. The van der Waals surface area contributed by atoms with Crippen molar-refractivity contribution >= 4 is 59.9 Å². The number of hydrogen-bond donors (Lipinski definition) is 2. The molecule has 9 heteroatoms. The summed E-state index contributed by atoms with van der Waals surface area (Å²) >= 11 is 9.89. The smallest absolute Gasteiger partial charge is 0.284 e. The number of fused-ring (bicyclic) bond motifs is 1. The maximum Gasteiger partial charge on any atom is 0.284 e. The number of aromatic hydroxyl groups is 1. The van der Waals surface area contributed by atoms with Gasteiger partial charge in [-0.1, -0.05) is 28.1 Å². The Kier molecular flexibility index (Phi) is 5.65. The molecule has 0 bridgehead atoms. The highest BCUT2D eigenvalue weighted by Gasteiger charge is 2.27. The third-order valence-electron chi connectivity index (χ3n) is 3.35. The Hall–Kier alpha value is -1.58. The molecule has 25 heavy (non-hydrogen) atoms. The normalized spacial score (nSPS) is 16.0. The summed E-state index contributed by atoms with van der Waals surface area (Å²) in [5.74, 6) is 0.727. The first-order valence-electron chi connectivity index (χ1n) is 7.05. The zero-order chi connectivity index (χ0) is 18.0. The molecule has 0 saturated heterocycles. The molecule has 1 amide bonds. The SMILES string of the molecule is O=C(N/N=C\c1c(Br)cc(Br)c(O)c1Br)[C@@H]1COc2ccccc2O1. The zero-order valence-corrected chi connectivity index (χ0v) is 17.3. The number of nitrogens with one attached hydrogen (secondary N) is 1. The van der Waals surface area contributed by atoms with Crippen LogP contribution in [0.3, 0.4) is 0 Å². The van der Waals surface area contributed by atoms with Gasteiger partial charge in [-0.25, -0.2) is 5.43 Å². The van der Waals surface area contributed by atoms with E-state index in [4.69, 9.17) is 9.47 Å². The van der Waals surface area contributed by atoms with E-state index >= 15 is 0 Å². The Labute approximate surface area is 168 Å². The molecule has 2 aromatic rings. The Balaban J connectivity index is 1.67. The lowest BCUT2D eigenvalue weighted by Crippen LogP contribution is -2.42. The van der Waals surface area contributed by atoms with Crippen LogP contribution in [0.1, 0.15) is 5.56 Å². The average molecular weight is 535 g/mol. The largest absolute Gasteiger partial charge is 0.506 e. The topological polar surface area (TPSA) is 80.2 Å². The van der Waals surface area contributed by atoms with Crippen molar-refractivity contribution in [1.82, 2.24) is 5.43 Å². The standard InChI is InChI=1S/C16H11Br3N2O4/c17-9-5-10(18)15(22)14(19)8(9)6-20-21-16(23)13-7-24-11-3-1-2-4-12(11)25-13/h1-6,13,22H,7H2,(H,21,23)/b20-6-/t13-/m0/s1. The highest BCUT2D eigenvalue weighted by atomic mass is 79.9. The van der Waals surface area contributed by atoms with Crippen molar-refractivity contribution in [2.24, 2.45) is 5.10 Å². The molecule has 0 saturated carbocycles. The van der Waals surface area contributed by atoms with Crippen LogP contribution in [0.5, 0.6) is 17.2 Å². The van der Waals surface area contributed by atoms with Crippen LogP contribution in [-0.2, 0) is 4.79 Å². The van der Waals surface area contributed by atoms with Crippen LogP contribution in [0.25, 0.3) is 0 Å². The molecule has 2 N–H and O–H groups in total. The van der Waals surface area contributed by atoms with Crippen LogP contribution in [-0.4, -0.2) is 29.9 Å². The molecule has 2 aromatic carbocycles. The molecular weight excluding hydrogens is 524 g/mol. The van der Waals surface area contributed by atoms with E-state index in [1.165, 1.54) is 6.21 Å². The maximum atomic E-state index is 12.2. The van der Waals surface area contributed by atoms with E-state index in [1.54, 1.807) is 24.3 Å². The number of rotatable bonds is 3. The summed E-state index contributed by atoms with van der Waals surface area (Å²) < 4.78 is 12.8. The van der Waals surface area contributed by atoms with Gasteiger partial charge in [0, 0.05) is 10.0 Å². The molecule has 0 aromatic heterocycles. The van der Waals surface area contributed by atoms with Crippen LogP contribution in [0, 0.1) is 0 Å². The molecule has 130 valence electrons. The number of carbonyl (C=O) groups is 1. The van der Waals surface area contributed by atoms with E-state index in [0.29, 0.717) is 30.5 Å². The molecule has 3 rings (SSSR count). The van der Waals surface area contributed by atoms with E-state index in [1.807, 2.05) is 6.07 Å². The van der Waals surface area contributed by atoms with Crippen molar-refractivity contribution in [3.05, 3.63) is 49.3 Å². The summed E-state index contributed by atoms with van der Waals surface area (Å²) in [6, 6.07) is 8.82. The van der Waals surface area contributed by atoms with Gasteiger partial charge in [-0.3, -0.25) is 4.79 Å². The van der Waals surface area contributed by atoms with E-state index in [-0.39, 0.29) is 12.4 Å². The molecular formula is C16H11Br3N2O4. The predicted octanol–water partition coefficient (Wildman–Crippen LogP) is 3.97. The number of hydrazone groups is 1. The van der Waals surface area contributed by atoms with Gasteiger partial charge in [-0.2, -0.15) is 5.10 Å². The highest BCUT2D eigenvalue weighted by molar-refractivity contribution is 9.11. The fourth-order valence-electron chi connectivity index (χ4n) is 2.09. The van der Waals surface area contributed by atoms with Crippen LogP contribution >= 0.6 is 47.8 Å². The second-order valence-electron chi connectivity index (χ2n) is 5.01. The van der Waals surface area contributed by atoms with Gasteiger partial charge < -0.3 is 14.6 Å². The molecule has 1 heterocycles. The summed E-state index contributed by atoms with van der Waals surface area (Å²) in [7, 11) is 0. The molecule has 1 aliphatic rings. The number of carbonyl (C=O) groups excluding carboxylic acids is 1. The lowest BCUT2D eigenvalue weighted by Gasteiger charge is -2.24. The number of para-hydroxylation sites is 2. The summed E-state index contributed by atoms with van der Waals surface area (Å²) in [6.07, 6.45) is 0.618. The molecule has 0 radical (unpaired) electrons. The Morgan fingerprint density at radius 1 is 1.24 bits per heavy atom. The van der Waals surface area contributed by atoms with Crippen molar-refractivity contribution in [3.63, 3.8) is 0 Å². The van der Waals surface area contributed by atoms with E-state index in [9.17, 15) is 9.90 Å². The van der Waals surface area contributed by atoms with Gasteiger partial charge in [0.1, 0.15) is 12.4 Å². The lowest BCUT2D eigenvalue weighted by molar-refractivity contribution is -0.130. The fourth-order valence-corrected chi connectivity index (χ4v) is 4.42. The summed E-state index contributed by atoms with van der Waals surface area (Å²) in [6.45, 7) is 0.102. The predicted molar refractivity (Wildman–Crippen MR) is 103 cm³/mol. The van der Waals surface area contributed by atoms with E-state index in [2.05, 4.69) is 58.3 Å².